The third-order valence-corrected chi connectivity index (χ3v) is 6.64. The molecule has 0 unspecified atom stereocenters. The Morgan fingerprint density at radius 1 is 1.17 bits per heavy atom. The molecule has 0 aliphatic carbocycles. The molecule has 30 heavy (non-hydrogen) atoms. The Bertz CT molecular complexity index is 1140. The number of nitro groups is 1. The van der Waals surface area contributed by atoms with Crippen LogP contribution in [0.3, 0.4) is 0 Å². The molecule has 0 amide bonds. The lowest BCUT2D eigenvalue weighted by Gasteiger charge is -2.11. The maximum absolute atomic E-state index is 11.8. The SMILES string of the molecule is CCS(=O)(=O)NCc1nnc(SCc2cccc(C)c2)n1-c1ccc([N+](=O)[O-])cc1. The average Bonchev–Trinajstić information content (AvgIpc) is 3.14. The number of thioether (sulfide) groups is 1. The monoisotopic (exact) mass is 447 g/mol. The summed E-state index contributed by atoms with van der Waals surface area (Å²) in [5.41, 5.74) is 2.85. The van der Waals surface area contributed by atoms with Crippen molar-refractivity contribution in [3.05, 3.63) is 75.6 Å². The minimum atomic E-state index is -3.41. The minimum absolute atomic E-state index is 0.0333. The van der Waals surface area contributed by atoms with E-state index in [0.717, 1.165) is 11.1 Å². The molecule has 1 aromatic heterocycles. The number of nitro benzene ring substituents is 1. The smallest absolute Gasteiger partial charge is 0.269 e. The van der Waals surface area contributed by atoms with Crippen LogP contribution >= 0.6 is 11.8 Å². The molecule has 0 bridgehead atoms. The van der Waals surface area contributed by atoms with Crippen molar-refractivity contribution in [1.82, 2.24) is 19.5 Å². The summed E-state index contributed by atoms with van der Waals surface area (Å²) in [4.78, 5) is 10.5. The van der Waals surface area contributed by atoms with E-state index in [9.17, 15) is 18.5 Å². The summed E-state index contributed by atoms with van der Waals surface area (Å²) < 4.78 is 27.9. The molecule has 2 aromatic carbocycles. The Morgan fingerprint density at radius 2 is 1.90 bits per heavy atom. The number of aromatic nitrogens is 3. The van der Waals surface area contributed by atoms with Gasteiger partial charge in [0.1, 0.15) is 0 Å². The Kier molecular flexibility index (Phi) is 6.85. The molecule has 3 rings (SSSR count). The summed E-state index contributed by atoms with van der Waals surface area (Å²) in [6.45, 7) is 3.53. The van der Waals surface area contributed by atoms with Crippen molar-refractivity contribution < 1.29 is 13.3 Å². The molecule has 0 saturated carbocycles. The number of hydrogen-bond donors (Lipinski definition) is 1. The molecular formula is C19H21N5O4S2. The number of aryl methyl sites for hydroxylation is 1. The second kappa shape index (κ2) is 9.37. The molecule has 0 saturated heterocycles. The molecule has 0 fully saturated rings. The maximum Gasteiger partial charge on any atom is 0.269 e. The lowest BCUT2D eigenvalue weighted by atomic mass is 10.2. The van der Waals surface area contributed by atoms with Gasteiger partial charge < -0.3 is 0 Å². The second-order valence-electron chi connectivity index (χ2n) is 6.51. The Balaban J connectivity index is 1.92. The van der Waals surface area contributed by atoms with Crippen molar-refractivity contribution in [2.45, 2.75) is 31.3 Å². The molecule has 11 heteroatoms. The summed E-state index contributed by atoms with van der Waals surface area (Å²) in [6, 6.07) is 14.1. The largest absolute Gasteiger partial charge is 0.273 e. The zero-order valence-corrected chi connectivity index (χ0v) is 18.1. The average molecular weight is 448 g/mol. The van der Waals surface area contributed by atoms with Gasteiger partial charge in [-0.2, -0.15) is 0 Å². The predicted octanol–water partition coefficient (Wildman–Crippen LogP) is 3.22. The van der Waals surface area contributed by atoms with E-state index in [1.807, 2.05) is 25.1 Å². The van der Waals surface area contributed by atoms with Crippen molar-refractivity contribution in [3.63, 3.8) is 0 Å². The van der Waals surface area contributed by atoms with Crippen LogP contribution < -0.4 is 4.72 Å². The predicted molar refractivity (Wildman–Crippen MR) is 115 cm³/mol. The second-order valence-corrected chi connectivity index (χ2v) is 9.55. The molecule has 0 atom stereocenters. The van der Waals surface area contributed by atoms with Crippen LogP contribution in [0.15, 0.2) is 53.7 Å². The highest BCUT2D eigenvalue weighted by Gasteiger charge is 2.17. The fourth-order valence-corrected chi connectivity index (χ4v) is 4.18. The Hall–Kier alpha value is -2.76. The van der Waals surface area contributed by atoms with Crippen LogP contribution in [0.25, 0.3) is 5.69 Å². The van der Waals surface area contributed by atoms with Crippen LogP contribution in [0.4, 0.5) is 5.69 Å². The van der Waals surface area contributed by atoms with Crippen LogP contribution in [-0.2, 0) is 22.3 Å². The summed E-state index contributed by atoms with van der Waals surface area (Å²) >= 11 is 1.45. The van der Waals surface area contributed by atoms with Crippen LogP contribution in [0.2, 0.25) is 0 Å². The van der Waals surface area contributed by atoms with Crippen molar-refractivity contribution in [3.8, 4) is 5.69 Å². The van der Waals surface area contributed by atoms with Crippen LogP contribution in [0.5, 0.6) is 0 Å². The molecule has 1 heterocycles. The highest BCUT2D eigenvalue weighted by molar-refractivity contribution is 7.98. The summed E-state index contributed by atoms with van der Waals surface area (Å²) in [6.07, 6.45) is 0. The first kappa shape index (κ1) is 21.9. The molecule has 0 aliphatic rings. The third-order valence-electron chi connectivity index (χ3n) is 4.30. The number of benzene rings is 2. The van der Waals surface area contributed by atoms with Gasteiger partial charge in [0.15, 0.2) is 11.0 Å². The van der Waals surface area contributed by atoms with Gasteiger partial charge >= 0.3 is 0 Å². The van der Waals surface area contributed by atoms with E-state index in [1.54, 1.807) is 23.6 Å². The standard InChI is InChI=1S/C19H21N5O4S2/c1-3-30(27,28)20-12-18-21-22-19(29-13-15-6-4-5-14(2)11-15)23(18)16-7-9-17(10-8-16)24(25)26/h4-11,20H,3,12-13H2,1-2H3. The Morgan fingerprint density at radius 3 is 2.53 bits per heavy atom. The van der Waals surface area contributed by atoms with E-state index >= 15 is 0 Å². The van der Waals surface area contributed by atoms with E-state index in [2.05, 4.69) is 21.0 Å². The van der Waals surface area contributed by atoms with Gasteiger partial charge in [0.25, 0.3) is 5.69 Å². The Labute approximate surface area is 178 Å². The van der Waals surface area contributed by atoms with Crippen molar-refractivity contribution in [2.75, 3.05) is 5.75 Å². The molecule has 3 aromatic rings. The van der Waals surface area contributed by atoms with Crippen LogP contribution in [0, 0.1) is 17.0 Å². The summed E-state index contributed by atoms with van der Waals surface area (Å²) in [5, 5.41) is 19.9. The van der Waals surface area contributed by atoms with Crippen molar-refractivity contribution >= 4 is 27.5 Å². The van der Waals surface area contributed by atoms with Gasteiger partial charge in [0.05, 0.1) is 17.2 Å². The van der Waals surface area contributed by atoms with Gasteiger partial charge in [-0.05, 0) is 31.5 Å². The third kappa shape index (κ3) is 5.43. The van der Waals surface area contributed by atoms with Gasteiger partial charge in [-0.25, -0.2) is 13.1 Å². The van der Waals surface area contributed by atoms with Crippen molar-refractivity contribution in [1.29, 1.82) is 0 Å². The van der Waals surface area contributed by atoms with Gasteiger partial charge in [-0.15, -0.1) is 10.2 Å². The first-order valence-electron chi connectivity index (χ1n) is 9.14. The zero-order valence-electron chi connectivity index (χ0n) is 16.5. The van der Waals surface area contributed by atoms with Gasteiger partial charge in [-0.1, -0.05) is 41.6 Å². The lowest BCUT2D eigenvalue weighted by molar-refractivity contribution is -0.384. The number of rotatable bonds is 9. The lowest BCUT2D eigenvalue weighted by Crippen LogP contribution is -2.26. The molecule has 0 spiro atoms. The fraction of sp³-hybridized carbons (Fsp3) is 0.263. The highest BCUT2D eigenvalue weighted by Crippen LogP contribution is 2.26. The van der Waals surface area contributed by atoms with Gasteiger partial charge in [0.2, 0.25) is 10.0 Å². The molecular weight excluding hydrogens is 426 g/mol. The van der Waals surface area contributed by atoms with E-state index in [1.165, 1.54) is 23.9 Å². The van der Waals surface area contributed by atoms with E-state index in [0.29, 0.717) is 22.4 Å². The minimum Gasteiger partial charge on any atom is -0.273 e. The van der Waals surface area contributed by atoms with Gasteiger partial charge in [0, 0.05) is 23.6 Å². The van der Waals surface area contributed by atoms with E-state index in [-0.39, 0.29) is 18.0 Å². The molecule has 9 nitrogen and oxygen atoms in total. The normalized spacial score (nSPS) is 11.5. The first-order valence-corrected chi connectivity index (χ1v) is 11.8. The number of sulfonamides is 1. The topological polar surface area (TPSA) is 120 Å². The molecule has 1 N–H and O–H groups in total. The van der Waals surface area contributed by atoms with Crippen LogP contribution in [-0.4, -0.2) is 33.9 Å². The fourth-order valence-electron chi connectivity index (χ4n) is 2.72. The molecule has 0 aliphatic heterocycles. The summed E-state index contributed by atoms with van der Waals surface area (Å²) in [7, 11) is -3.41. The highest BCUT2D eigenvalue weighted by atomic mass is 32.2. The summed E-state index contributed by atoms with van der Waals surface area (Å²) in [5.74, 6) is 0.994. The van der Waals surface area contributed by atoms with Gasteiger partial charge in [-0.3, -0.25) is 14.7 Å². The van der Waals surface area contributed by atoms with E-state index < -0.39 is 14.9 Å². The number of non-ortho nitro benzene ring substituents is 1. The number of nitrogens with zero attached hydrogens (tertiary/aromatic N) is 4. The molecule has 158 valence electrons. The number of hydrogen-bond acceptors (Lipinski definition) is 7. The first-order chi connectivity index (χ1) is 14.3. The number of nitrogens with one attached hydrogen (secondary N) is 1. The van der Waals surface area contributed by atoms with E-state index in [4.69, 9.17) is 0 Å². The quantitative estimate of drug-likeness (QED) is 0.304. The molecule has 0 radical (unpaired) electrons. The zero-order chi connectivity index (χ0) is 21.7. The van der Waals surface area contributed by atoms with Crippen LogP contribution in [0.1, 0.15) is 23.9 Å². The van der Waals surface area contributed by atoms with Crippen molar-refractivity contribution in [2.24, 2.45) is 0 Å². The maximum atomic E-state index is 11.8.